The third-order valence-electron chi connectivity index (χ3n) is 7.36. The number of nitrogens with zero attached hydrogens (tertiary/aromatic N) is 3. The van der Waals surface area contributed by atoms with Gasteiger partial charge in [-0.2, -0.15) is 0 Å². The second kappa shape index (κ2) is 10.1. The smallest absolute Gasteiger partial charge is 0.242 e. The van der Waals surface area contributed by atoms with Gasteiger partial charge in [0.1, 0.15) is 5.82 Å². The third kappa shape index (κ3) is 5.28. The summed E-state index contributed by atoms with van der Waals surface area (Å²) >= 11 is 0. The van der Waals surface area contributed by atoms with Gasteiger partial charge in [0.25, 0.3) is 0 Å². The highest BCUT2D eigenvalue weighted by Crippen LogP contribution is 2.39. The summed E-state index contributed by atoms with van der Waals surface area (Å²) in [4.78, 5) is 17.7. The average molecular weight is 497 g/mol. The molecule has 1 heterocycles. The van der Waals surface area contributed by atoms with Crippen LogP contribution in [0, 0.1) is 6.92 Å². The molecule has 2 aromatic carbocycles. The van der Waals surface area contributed by atoms with Crippen LogP contribution >= 0.6 is 0 Å². The molecule has 188 valence electrons. The average Bonchev–Trinajstić information content (AvgIpc) is 3.16. The first kappa shape index (κ1) is 25.4. The van der Waals surface area contributed by atoms with Crippen molar-refractivity contribution >= 4 is 27.0 Å². The standard InChI is InChI=1S/C27H36N4O3S/c1-20-9-8-10-21(17-20)27(15-6-5-7-16-27)19-28-26(32)14-13-25-29-23-18-22(35(33,34)30(2)3)11-12-24(23)31(25)4/h8-12,17-18H,5-7,13-16,19H2,1-4H3,(H,28,32). The normalized spacial score (nSPS) is 16.0. The Labute approximate surface area is 208 Å². The lowest BCUT2D eigenvalue weighted by Gasteiger charge is -2.38. The molecule has 1 N–H and O–H groups in total. The summed E-state index contributed by atoms with van der Waals surface area (Å²) < 4.78 is 28.1. The molecule has 1 amide bonds. The fourth-order valence-corrected chi connectivity index (χ4v) is 6.10. The molecule has 3 aromatic rings. The molecule has 4 rings (SSSR count). The quantitative estimate of drug-likeness (QED) is 0.509. The Kier molecular flexibility index (Phi) is 7.33. The van der Waals surface area contributed by atoms with Gasteiger partial charge < -0.3 is 9.88 Å². The van der Waals surface area contributed by atoms with Crippen molar-refractivity contribution in [3.05, 3.63) is 59.4 Å². The van der Waals surface area contributed by atoms with Crippen LogP contribution in [0.15, 0.2) is 47.4 Å². The van der Waals surface area contributed by atoms with Gasteiger partial charge in [0.15, 0.2) is 0 Å². The number of aromatic nitrogens is 2. The summed E-state index contributed by atoms with van der Waals surface area (Å²) in [6.07, 6.45) is 6.66. The molecule has 1 aromatic heterocycles. The lowest BCUT2D eigenvalue weighted by Crippen LogP contribution is -2.42. The van der Waals surface area contributed by atoms with Gasteiger partial charge in [-0.05, 0) is 43.5 Å². The number of sulfonamides is 1. The van der Waals surface area contributed by atoms with E-state index in [-0.39, 0.29) is 16.2 Å². The van der Waals surface area contributed by atoms with E-state index in [9.17, 15) is 13.2 Å². The largest absolute Gasteiger partial charge is 0.355 e. The van der Waals surface area contributed by atoms with Crippen LogP contribution in [0.5, 0.6) is 0 Å². The van der Waals surface area contributed by atoms with Crippen molar-refractivity contribution in [2.45, 2.75) is 62.2 Å². The molecule has 0 bridgehead atoms. The van der Waals surface area contributed by atoms with Crippen LogP contribution in [0.3, 0.4) is 0 Å². The number of hydrogen-bond acceptors (Lipinski definition) is 4. The summed E-state index contributed by atoms with van der Waals surface area (Å²) in [6, 6.07) is 13.7. The molecule has 0 spiro atoms. The van der Waals surface area contributed by atoms with Gasteiger partial charge in [0.2, 0.25) is 15.9 Å². The molecule has 1 aliphatic rings. The predicted molar refractivity (Wildman–Crippen MR) is 139 cm³/mol. The molecule has 0 radical (unpaired) electrons. The molecular formula is C27H36N4O3S. The van der Waals surface area contributed by atoms with E-state index in [0.29, 0.717) is 24.9 Å². The molecule has 35 heavy (non-hydrogen) atoms. The highest BCUT2D eigenvalue weighted by molar-refractivity contribution is 7.89. The first-order valence-corrected chi connectivity index (χ1v) is 13.8. The zero-order valence-corrected chi connectivity index (χ0v) is 22.0. The van der Waals surface area contributed by atoms with Crippen LogP contribution in [0.4, 0.5) is 0 Å². The first-order valence-electron chi connectivity index (χ1n) is 12.3. The number of carbonyl (C=O) groups is 1. The third-order valence-corrected chi connectivity index (χ3v) is 9.18. The maximum absolute atomic E-state index is 12.9. The van der Waals surface area contributed by atoms with E-state index in [0.717, 1.165) is 24.2 Å². The summed E-state index contributed by atoms with van der Waals surface area (Å²) in [5.74, 6) is 0.783. The maximum atomic E-state index is 12.9. The van der Waals surface area contributed by atoms with Crippen molar-refractivity contribution in [2.24, 2.45) is 7.05 Å². The Morgan fingerprint density at radius 3 is 2.54 bits per heavy atom. The lowest BCUT2D eigenvalue weighted by atomic mass is 9.69. The van der Waals surface area contributed by atoms with E-state index in [1.807, 2.05) is 11.6 Å². The fourth-order valence-electron chi connectivity index (χ4n) is 5.18. The number of rotatable bonds is 8. The maximum Gasteiger partial charge on any atom is 0.242 e. The molecule has 7 nitrogen and oxygen atoms in total. The number of aryl methyl sites for hydroxylation is 3. The Morgan fingerprint density at radius 1 is 1.11 bits per heavy atom. The van der Waals surface area contributed by atoms with Gasteiger partial charge in [-0.1, -0.05) is 49.1 Å². The fraction of sp³-hybridized carbons (Fsp3) is 0.481. The van der Waals surface area contributed by atoms with Crippen LogP contribution in [0.1, 0.15) is 55.5 Å². The molecule has 1 aliphatic carbocycles. The molecule has 0 atom stereocenters. The minimum Gasteiger partial charge on any atom is -0.355 e. The van der Waals surface area contributed by atoms with Gasteiger partial charge >= 0.3 is 0 Å². The number of carbonyl (C=O) groups excluding carboxylic acids is 1. The van der Waals surface area contributed by atoms with Crippen molar-refractivity contribution in [1.29, 1.82) is 0 Å². The zero-order chi connectivity index (χ0) is 25.2. The number of imidazole rings is 1. The van der Waals surface area contributed by atoms with Crippen molar-refractivity contribution in [3.63, 3.8) is 0 Å². The highest BCUT2D eigenvalue weighted by Gasteiger charge is 2.34. The Morgan fingerprint density at radius 2 is 1.86 bits per heavy atom. The van der Waals surface area contributed by atoms with Crippen molar-refractivity contribution in [3.8, 4) is 0 Å². The zero-order valence-electron chi connectivity index (χ0n) is 21.2. The van der Waals surface area contributed by atoms with Crippen LogP contribution in [-0.2, 0) is 33.7 Å². The van der Waals surface area contributed by atoms with E-state index < -0.39 is 10.0 Å². The van der Waals surface area contributed by atoms with E-state index in [1.54, 1.807) is 18.2 Å². The van der Waals surface area contributed by atoms with Crippen LogP contribution in [-0.4, -0.2) is 48.8 Å². The molecule has 1 fully saturated rings. The van der Waals surface area contributed by atoms with Gasteiger partial charge in [0, 0.05) is 45.9 Å². The molecule has 0 aliphatic heterocycles. The Hall–Kier alpha value is -2.71. The van der Waals surface area contributed by atoms with E-state index >= 15 is 0 Å². The van der Waals surface area contributed by atoms with Crippen LogP contribution in [0.2, 0.25) is 0 Å². The second-order valence-corrected chi connectivity index (χ2v) is 12.2. The summed E-state index contributed by atoms with van der Waals surface area (Å²) in [7, 11) is 1.40. The minimum atomic E-state index is -3.53. The molecule has 1 saturated carbocycles. The SMILES string of the molecule is Cc1cccc(C2(CNC(=O)CCc3nc4cc(S(=O)(=O)N(C)C)ccc4n3C)CCCCC2)c1. The molecule has 0 unspecified atom stereocenters. The molecule has 0 saturated heterocycles. The monoisotopic (exact) mass is 496 g/mol. The molecular weight excluding hydrogens is 460 g/mol. The number of benzene rings is 2. The second-order valence-electron chi connectivity index (χ2n) is 10.0. The summed E-state index contributed by atoms with van der Waals surface area (Å²) in [6.45, 7) is 2.78. The van der Waals surface area contributed by atoms with E-state index in [1.165, 1.54) is 48.8 Å². The predicted octanol–water partition coefficient (Wildman–Crippen LogP) is 4.08. The van der Waals surface area contributed by atoms with E-state index in [2.05, 4.69) is 41.5 Å². The van der Waals surface area contributed by atoms with Gasteiger partial charge in [-0.3, -0.25) is 4.79 Å². The van der Waals surface area contributed by atoms with Crippen LogP contribution in [0.25, 0.3) is 11.0 Å². The Balaban J connectivity index is 1.44. The van der Waals surface area contributed by atoms with Crippen molar-refractivity contribution in [1.82, 2.24) is 19.2 Å². The van der Waals surface area contributed by atoms with Crippen molar-refractivity contribution in [2.75, 3.05) is 20.6 Å². The number of amides is 1. The van der Waals surface area contributed by atoms with Crippen molar-refractivity contribution < 1.29 is 13.2 Å². The highest BCUT2D eigenvalue weighted by atomic mass is 32.2. The van der Waals surface area contributed by atoms with Crippen LogP contribution < -0.4 is 5.32 Å². The minimum absolute atomic E-state index is 0.00612. The number of hydrogen-bond donors (Lipinski definition) is 1. The van der Waals surface area contributed by atoms with Gasteiger partial charge in [-0.15, -0.1) is 0 Å². The topological polar surface area (TPSA) is 84.3 Å². The first-order chi connectivity index (χ1) is 16.6. The van der Waals surface area contributed by atoms with Gasteiger partial charge in [-0.25, -0.2) is 17.7 Å². The molecule has 8 heteroatoms. The summed E-state index contributed by atoms with van der Waals surface area (Å²) in [5.41, 5.74) is 4.05. The lowest BCUT2D eigenvalue weighted by molar-refractivity contribution is -0.121. The number of nitrogens with one attached hydrogen (secondary N) is 1. The van der Waals surface area contributed by atoms with E-state index in [4.69, 9.17) is 0 Å². The Bertz CT molecular complexity index is 1320. The summed E-state index contributed by atoms with van der Waals surface area (Å²) in [5, 5.41) is 3.22. The number of fused-ring (bicyclic) bond motifs is 1. The van der Waals surface area contributed by atoms with Gasteiger partial charge in [0.05, 0.1) is 15.9 Å².